The molecule has 0 aromatic heterocycles. The number of benzene rings is 2. The van der Waals surface area contributed by atoms with Gasteiger partial charge in [0.05, 0.1) is 11.6 Å². The lowest BCUT2D eigenvalue weighted by Crippen LogP contribution is -2.35. The molecule has 2 aromatic rings. The van der Waals surface area contributed by atoms with Gasteiger partial charge in [0, 0.05) is 11.0 Å². The summed E-state index contributed by atoms with van der Waals surface area (Å²) in [4.78, 5) is 12.0. The molecule has 1 atom stereocenters. The number of carbonyl (C=O) groups excluding carboxylic acids is 1. The van der Waals surface area contributed by atoms with Gasteiger partial charge >= 0.3 is 0 Å². The average Bonchev–Trinajstić information content (AvgIpc) is 2.54. The third-order valence-electron chi connectivity index (χ3n) is 3.02. The van der Waals surface area contributed by atoms with Gasteiger partial charge in [-0.25, -0.2) is 0 Å². The molecule has 0 fully saturated rings. The lowest BCUT2D eigenvalue weighted by molar-refractivity contribution is -0.127. The molecule has 22 heavy (non-hydrogen) atoms. The van der Waals surface area contributed by atoms with E-state index in [1.54, 1.807) is 37.3 Å². The fourth-order valence-electron chi connectivity index (χ4n) is 1.85. The highest BCUT2D eigenvalue weighted by Crippen LogP contribution is 2.17. The Morgan fingerprint density at radius 1 is 1.32 bits per heavy atom. The van der Waals surface area contributed by atoms with Gasteiger partial charge in [0.1, 0.15) is 5.75 Å². The van der Waals surface area contributed by atoms with Gasteiger partial charge in [0.15, 0.2) is 6.10 Å². The Kier molecular flexibility index (Phi) is 5.56. The molecule has 2 rings (SSSR count). The molecule has 0 heterocycles. The number of nitriles is 1. The Balaban J connectivity index is 1.88. The monoisotopic (exact) mass is 358 g/mol. The summed E-state index contributed by atoms with van der Waals surface area (Å²) in [6.45, 7) is 2.06. The van der Waals surface area contributed by atoms with Gasteiger partial charge in [-0.15, -0.1) is 0 Å². The number of nitrogens with one attached hydrogen (secondary N) is 1. The fourth-order valence-corrected chi connectivity index (χ4v) is 2.12. The van der Waals surface area contributed by atoms with Crippen LogP contribution in [0.1, 0.15) is 18.1 Å². The molecule has 0 aliphatic heterocycles. The maximum absolute atomic E-state index is 12.0. The summed E-state index contributed by atoms with van der Waals surface area (Å²) in [5, 5.41) is 11.6. The smallest absolute Gasteiger partial charge is 0.261 e. The van der Waals surface area contributed by atoms with Crippen molar-refractivity contribution in [2.24, 2.45) is 0 Å². The minimum atomic E-state index is -0.597. The van der Waals surface area contributed by atoms with E-state index in [4.69, 9.17) is 10.00 Å². The largest absolute Gasteiger partial charge is 0.481 e. The van der Waals surface area contributed by atoms with E-state index in [2.05, 4.69) is 27.3 Å². The fraction of sp³-hybridized carbons (Fsp3) is 0.176. The van der Waals surface area contributed by atoms with Crippen LogP contribution in [0.4, 0.5) is 0 Å². The molecule has 4 nitrogen and oxygen atoms in total. The van der Waals surface area contributed by atoms with Crippen LogP contribution in [-0.2, 0) is 11.3 Å². The Morgan fingerprint density at radius 2 is 2.05 bits per heavy atom. The lowest BCUT2D eigenvalue weighted by atomic mass is 10.1. The maximum atomic E-state index is 12.0. The summed E-state index contributed by atoms with van der Waals surface area (Å²) >= 11 is 3.35. The van der Waals surface area contributed by atoms with Crippen molar-refractivity contribution in [2.45, 2.75) is 19.6 Å². The van der Waals surface area contributed by atoms with E-state index in [9.17, 15) is 4.79 Å². The summed E-state index contributed by atoms with van der Waals surface area (Å²) in [5.74, 6) is 0.433. The van der Waals surface area contributed by atoms with Crippen molar-refractivity contribution in [2.75, 3.05) is 0 Å². The van der Waals surface area contributed by atoms with Crippen molar-refractivity contribution >= 4 is 21.8 Å². The van der Waals surface area contributed by atoms with Gasteiger partial charge in [-0.05, 0) is 48.9 Å². The van der Waals surface area contributed by atoms with Crippen LogP contribution < -0.4 is 10.1 Å². The second kappa shape index (κ2) is 7.62. The molecule has 0 radical (unpaired) electrons. The van der Waals surface area contributed by atoms with Crippen molar-refractivity contribution in [1.82, 2.24) is 5.32 Å². The van der Waals surface area contributed by atoms with Crippen LogP contribution in [0, 0.1) is 11.3 Å². The standard InChI is InChI=1S/C17H15BrN2O2/c1-12(22-16-7-5-15(18)6-8-16)17(21)20-11-14-4-2-3-13(9-14)10-19/h2-9,12H,11H2,1H3,(H,20,21). The number of hydrogen-bond donors (Lipinski definition) is 1. The summed E-state index contributed by atoms with van der Waals surface area (Å²) < 4.78 is 6.53. The second-order valence-electron chi connectivity index (χ2n) is 4.74. The van der Waals surface area contributed by atoms with Gasteiger partial charge in [-0.1, -0.05) is 28.1 Å². The first-order valence-electron chi connectivity index (χ1n) is 6.77. The number of rotatable bonds is 5. The Bertz CT molecular complexity index is 693. The van der Waals surface area contributed by atoms with Crippen LogP contribution in [0.5, 0.6) is 5.75 Å². The molecular weight excluding hydrogens is 344 g/mol. The number of ether oxygens (including phenoxy) is 1. The molecule has 0 saturated heterocycles. The predicted molar refractivity (Wildman–Crippen MR) is 87.2 cm³/mol. The van der Waals surface area contributed by atoms with Gasteiger partial charge in [0.25, 0.3) is 5.91 Å². The second-order valence-corrected chi connectivity index (χ2v) is 5.66. The number of amides is 1. The summed E-state index contributed by atoms with van der Waals surface area (Å²) in [5.41, 5.74) is 1.45. The molecule has 0 aliphatic carbocycles. The van der Waals surface area contributed by atoms with Crippen LogP contribution in [0.15, 0.2) is 53.0 Å². The minimum Gasteiger partial charge on any atom is -0.481 e. The first-order chi connectivity index (χ1) is 10.6. The third kappa shape index (κ3) is 4.61. The lowest BCUT2D eigenvalue weighted by Gasteiger charge is -2.15. The summed E-state index contributed by atoms with van der Waals surface area (Å²) in [6, 6.07) is 16.5. The number of halogens is 1. The van der Waals surface area contributed by atoms with Crippen LogP contribution in [0.25, 0.3) is 0 Å². The molecular formula is C17H15BrN2O2. The van der Waals surface area contributed by atoms with E-state index in [1.165, 1.54) is 0 Å². The molecule has 1 unspecified atom stereocenters. The van der Waals surface area contributed by atoms with E-state index in [1.807, 2.05) is 18.2 Å². The average molecular weight is 359 g/mol. The molecule has 2 aromatic carbocycles. The van der Waals surface area contributed by atoms with Crippen molar-refractivity contribution in [1.29, 1.82) is 5.26 Å². The summed E-state index contributed by atoms with van der Waals surface area (Å²) in [6.07, 6.45) is -0.597. The summed E-state index contributed by atoms with van der Waals surface area (Å²) in [7, 11) is 0. The normalized spacial score (nSPS) is 11.3. The van der Waals surface area contributed by atoms with Crippen molar-refractivity contribution in [3.8, 4) is 11.8 Å². The molecule has 1 N–H and O–H groups in total. The van der Waals surface area contributed by atoms with Gasteiger partial charge in [-0.3, -0.25) is 4.79 Å². The van der Waals surface area contributed by atoms with E-state index in [0.29, 0.717) is 17.9 Å². The molecule has 0 saturated carbocycles. The van der Waals surface area contributed by atoms with Gasteiger partial charge < -0.3 is 10.1 Å². The molecule has 1 amide bonds. The highest BCUT2D eigenvalue weighted by molar-refractivity contribution is 9.10. The highest BCUT2D eigenvalue weighted by Gasteiger charge is 2.14. The Hall–Kier alpha value is -2.32. The topological polar surface area (TPSA) is 62.1 Å². The molecule has 0 bridgehead atoms. The zero-order valence-corrected chi connectivity index (χ0v) is 13.6. The minimum absolute atomic E-state index is 0.203. The number of carbonyl (C=O) groups is 1. The van der Waals surface area contributed by atoms with E-state index in [0.717, 1.165) is 10.0 Å². The van der Waals surface area contributed by atoms with Crippen molar-refractivity contribution in [3.05, 3.63) is 64.1 Å². The van der Waals surface area contributed by atoms with Crippen LogP contribution in [-0.4, -0.2) is 12.0 Å². The number of hydrogen-bond acceptors (Lipinski definition) is 3. The van der Waals surface area contributed by atoms with Crippen LogP contribution in [0.3, 0.4) is 0 Å². The first kappa shape index (κ1) is 16.1. The van der Waals surface area contributed by atoms with E-state index < -0.39 is 6.10 Å². The predicted octanol–water partition coefficient (Wildman–Crippen LogP) is 3.40. The van der Waals surface area contributed by atoms with E-state index in [-0.39, 0.29) is 5.91 Å². The van der Waals surface area contributed by atoms with Crippen molar-refractivity contribution in [3.63, 3.8) is 0 Å². The molecule has 0 aliphatic rings. The van der Waals surface area contributed by atoms with Crippen LogP contribution >= 0.6 is 15.9 Å². The first-order valence-corrected chi connectivity index (χ1v) is 7.57. The number of nitrogens with zero attached hydrogens (tertiary/aromatic N) is 1. The Morgan fingerprint density at radius 3 is 2.73 bits per heavy atom. The maximum Gasteiger partial charge on any atom is 0.261 e. The van der Waals surface area contributed by atoms with E-state index >= 15 is 0 Å². The zero-order valence-electron chi connectivity index (χ0n) is 12.0. The van der Waals surface area contributed by atoms with Crippen molar-refractivity contribution < 1.29 is 9.53 Å². The molecule has 0 spiro atoms. The van der Waals surface area contributed by atoms with Crippen LogP contribution in [0.2, 0.25) is 0 Å². The third-order valence-corrected chi connectivity index (χ3v) is 3.55. The van der Waals surface area contributed by atoms with Gasteiger partial charge in [-0.2, -0.15) is 5.26 Å². The SMILES string of the molecule is CC(Oc1ccc(Br)cc1)C(=O)NCc1cccc(C#N)c1. The molecule has 112 valence electrons. The quantitative estimate of drug-likeness (QED) is 0.890. The Labute approximate surface area is 137 Å². The zero-order chi connectivity index (χ0) is 15.9. The van der Waals surface area contributed by atoms with Gasteiger partial charge in [0.2, 0.25) is 0 Å². The molecule has 5 heteroatoms. The highest BCUT2D eigenvalue weighted by atomic mass is 79.9.